The first-order chi connectivity index (χ1) is 7.75. The summed E-state index contributed by atoms with van der Waals surface area (Å²) in [4.78, 5) is 15.3. The van der Waals surface area contributed by atoms with E-state index in [1.165, 1.54) is 10.9 Å². The average molecular weight is 236 g/mol. The van der Waals surface area contributed by atoms with Gasteiger partial charge in [0.15, 0.2) is 0 Å². The topological polar surface area (TPSA) is 46.9 Å². The minimum Gasteiger partial charge on any atom is -0.333 e. The Kier molecular flexibility index (Phi) is 3.22. The van der Waals surface area contributed by atoms with Crippen molar-refractivity contribution in [2.24, 2.45) is 0 Å². The molecule has 1 N–H and O–H groups in total. The molecule has 0 aliphatic rings. The molecule has 0 spiro atoms. The smallest absolute Gasteiger partial charge is 0.327 e. The van der Waals surface area contributed by atoms with Gasteiger partial charge in [-0.2, -0.15) is 0 Å². The molecule has 0 unspecified atom stereocenters. The van der Waals surface area contributed by atoms with Crippen LogP contribution in [0.15, 0.2) is 43.0 Å². The van der Waals surface area contributed by atoms with E-state index in [1.54, 1.807) is 24.5 Å². The van der Waals surface area contributed by atoms with Gasteiger partial charge in [0.05, 0.1) is 0 Å². The standard InChI is InChI=1S/C11H10ClN3O/c12-10-3-1-9(2-4-10)7-14-11(16)15-6-5-13-8-15/h1-6,8H,7H2,(H,14,16). The van der Waals surface area contributed by atoms with Crippen molar-refractivity contribution in [2.75, 3.05) is 0 Å². The van der Waals surface area contributed by atoms with Crippen molar-refractivity contribution in [1.29, 1.82) is 0 Å². The molecule has 0 fully saturated rings. The van der Waals surface area contributed by atoms with E-state index in [0.29, 0.717) is 11.6 Å². The van der Waals surface area contributed by atoms with E-state index < -0.39 is 0 Å². The summed E-state index contributed by atoms with van der Waals surface area (Å²) < 4.78 is 1.38. The zero-order chi connectivity index (χ0) is 11.4. The molecule has 1 aromatic carbocycles. The lowest BCUT2D eigenvalue weighted by molar-refractivity contribution is 0.242. The molecule has 1 heterocycles. The largest absolute Gasteiger partial charge is 0.333 e. The Bertz CT molecular complexity index is 464. The maximum atomic E-state index is 11.5. The Balaban J connectivity index is 1.93. The molecule has 1 amide bonds. The van der Waals surface area contributed by atoms with Crippen molar-refractivity contribution >= 4 is 17.6 Å². The number of carbonyl (C=O) groups excluding carboxylic acids is 1. The second-order valence-corrected chi connectivity index (χ2v) is 3.69. The summed E-state index contributed by atoms with van der Waals surface area (Å²) in [5, 5.41) is 3.45. The van der Waals surface area contributed by atoms with Gasteiger partial charge in [-0.15, -0.1) is 0 Å². The second kappa shape index (κ2) is 4.81. The maximum Gasteiger partial charge on any atom is 0.327 e. The molecule has 0 radical (unpaired) electrons. The fourth-order valence-corrected chi connectivity index (χ4v) is 1.38. The van der Waals surface area contributed by atoms with Crippen molar-refractivity contribution in [3.63, 3.8) is 0 Å². The van der Waals surface area contributed by atoms with Crippen LogP contribution < -0.4 is 5.32 Å². The molecule has 16 heavy (non-hydrogen) atoms. The van der Waals surface area contributed by atoms with Crippen molar-refractivity contribution < 1.29 is 4.79 Å². The normalized spacial score (nSPS) is 10.1. The molecule has 1 aromatic heterocycles. The van der Waals surface area contributed by atoms with Crippen LogP contribution in [0.4, 0.5) is 4.79 Å². The maximum absolute atomic E-state index is 11.5. The lowest BCUT2D eigenvalue weighted by Crippen LogP contribution is -2.26. The molecule has 0 saturated carbocycles. The number of hydrogen-bond donors (Lipinski definition) is 1. The van der Waals surface area contributed by atoms with E-state index in [2.05, 4.69) is 10.3 Å². The summed E-state index contributed by atoms with van der Waals surface area (Å²) in [7, 11) is 0. The highest BCUT2D eigenvalue weighted by molar-refractivity contribution is 6.30. The number of halogens is 1. The van der Waals surface area contributed by atoms with Gasteiger partial charge in [-0.1, -0.05) is 23.7 Å². The minimum absolute atomic E-state index is 0.201. The quantitative estimate of drug-likeness (QED) is 0.868. The van der Waals surface area contributed by atoms with Gasteiger partial charge in [0, 0.05) is 24.0 Å². The fourth-order valence-electron chi connectivity index (χ4n) is 1.25. The van der Waals surface area contributed by atoms with Crippen LogP contribution in [0.3, 0.4) is 0 Å². The number of rotatable bonds is 2. The van der Waals surface area contributed by atoms with Crippen molar-refractivity contribution in [3.05, 3.63) is 53.6 Å². The minimum atomic E-state index is -0.201. The Morgan fingerprint density at radius 1 is 1.38 bits per heavy atom. The first-order valence-corrected chi connectivity index (χ1v) is 5.14. The zero-order valence-electron chi connectivity index (χ0n) is 8.43. The Hall–Kier alpha value is -1.81. The number of aromatic nitrogens is 2. The number of nitrogens with one attached hydrogen (secondary N) is 1. The van der Waals surface area contributed by atoms with E-state index >= 15 is 0 Å². The van der Waals surface area contributed by atoms with E-state index in [1.807, 2.05) is 12.1 Å². The van der Waals surface area contributed by atoms with Crippen molar-refractivity contribution in [1.82, 2.24) is 14.9 Å². The van der Waals surface area contributed by atoms with Gasteiger partial charge in [0.1, 0.15) is 6.33 Å². The monoisotopic (exact) mass is 235 g/mol. The molecule has 0 aliphatic carbocycles. The predicted octanol–water partition coefficient (Wildman–Crippen LogP) is 2.29. The number of benzene rings is 1. The number of nitrogens with zero attached hydrogens (tertiary/aromatic N) is 2. The molecular formula is C11H10ClN3O. The second-order valence-electron chi connectivity index (χ2n) is 3.26. The van der Waals surface area contributed by atoms with Gasteiger partial charge in [-0.05, 0) is 17.7 Å². The first kappa shape index (κ1) is 10.7. The number of hydrogen-bond acceptors (Lipinski definition) is 2. The predicted molar refractivity (Wildman–Crippen MR) is 61.3 cm³/mol. The van der Waals surface area contributed by atoms with Gasteiger partial charge >= 0.3 is 6.03 Å². The molecule has 4 nitrogen and oxygen atoms in total. The van der Waals surface area contributed by atoms with Crippen LogP contribution in [0.5, 0.6) is 0 Å². The summed E-state index contributed by atoms with van der Waals surface area (Å²) in [6.07, 6.45) is 4.61. The van der Waals surface area contributed by atoms with Gasteiger partial charge in [-0.3, -0.25) is 4.57 Å². The highest BCUT2D eigenvalue weighted by Crippen LogP contribution is 2.09. The summed E-state index contributed by atoms with van der Waals surface area (Å²) in [6.45, 7) is 0.466. The third kappa shape index (κ3) is 2.61. The third-order valence-corrected chi connectivity index (χ3v) is 2.35. The van der Waals surface area contributed by atoms with Crippen LogP contribution in [-0.2, 0) is 6.54 Å². The third-order valence-electron chi connectivity index (χ3n) is 2.10. The molecule has 82 valence electrons. The van der Waals surface area contributed by atoms with E-state index in [9.17, 15) is 4.79 Å². The van der Waals surface area contributed by atoms with Crippen molar-refractivity contribution in [3.8, 4) is 0 Å². The average Bonchev–Trinajstić information content (AvgIpc) is 2.81. The van der Waals surface area contributed by atoms with Gasteiger partial charge in [-0.25, -0.2) is 9.78 Å². The molecule has 0 bridgehead atoms. The lowest BCUT2D eigenvalue weighted by Gasteiger charge is -2.05. The molecule has 5 heteroatoms. The zero-order valence-corrected chi connectivity index (χ0v) is 9.19. The molecular weight excluding hydrogens is 226 g/mol. The number of amides is 1. The summed E-state index contributed by atoms with van der Waals surface area (Å²) in [5.41, 5.74) is 0.998. The van der Waals surface area contributed by atoms with Crippen LogP contribution in [-0.4, -0.2) is 15.6 Å². The summed E-state index contributed by atoms with van der Waals surface area (Å²) in [5.74, 6) is 0. The highest BCUT2D eigenvalue weighted by atomic mass is 35.5. The fraction of sp³-hybridized carbons (Fsp3) is 0.0909. The van der Waals surface area contributed by atoms with Crippen LogP contribution in [0, 0.1) is 0 Å². The van der Waals surface area contributed by atoms with Crippen molar-refractivity contribution in [2.45, 2.75) is 6.54 Å². The molecule has 0 atom stereocenters. The summed E-state index contributed by atoms with van der Waals surface area (Å²) in [6, 6.07) is 7.13. The highest BCUT2D eigenvalue weighted by Gasteiger charge is 2.02. The van der Waals surface area contributed by atoms with Crippen LogP contribution in [0.2, 0.25) is 5.02 Å². The number of imidazole rings is 1. The lowest BCUT2D eigenvalue weighted by atomic mass is 10.2. The molecule has 2 rings (SSSR count). The Morgan fingerprint density at radius 2 is 2.12 bits per heavy atom. The van der Waals surface area contributed by atoms with E-state index in [4.69, 9.17) is 11.6 Å². The summed E-state index contributed by atoms with van der Waals surface area (Å²) >= 11 is 5.76. The van der Waals surface area contributed by atoms with E-state index in [-0.39, 0.29) is 6.03 Å². The van der Waals surface area contributed by atoms with Gasteiger partial charge in [0.25, 0.3) is 0 Å². The van der Waals surface area contributed by atoms with Crippen LogP contribution in [0.1, 0.15) is 5.56 Å². The molecule has 2 aromatic rings. The SMILES string of the molecule is O=C(NCc1ccc(Cl)cc1)n1ccnc1. The number of carbonyl (C=O) groups is 1. The molecule has 0 aliphatic heterocycles. The molecule has 0 saturated heterocycles. The van der Waals surface area contributed by atoms with Crippen LogP contribution >= 0.6 is 11.6 Å². The van der Waals surface area contributed by atoms with Crippen LogP contribution in [0.25, 0.3) is 0 Å². The van der Waals surface area contributed by atoms with Gasteiger partial charge in [0.2, 0.25) is 0 Å². The Morgan fingerprint density at radius 3 is 2.75 bits per heavy atom. The Labute approximate surface area is 97.9 Å². The first-order valence-electron chi connectivity index (χ1n) is 4.76. The van der Waals surface area contributed by atoms with Gasteiger partial charge < -0.3 is 5.32 Å². The van der Waals surface area contributed by atoms with E-state index in [0.717, 1.165) is 5.56 Å².